The van der Waals surface area contributed by atoms with Gasteiger partial charge in [0.2, 0.25) is 5.91 Å². The second-order valence-electron chi connectivity index (χ2n) is 9.61. The number of benzene rings is 2. The Balaban J connectivity index is 1.06. The van der Waals surface area contributed by atoms with Crippen molar-refractivity contribution in [1.82, 2.24) is 10.2 Å². The highest BCUT2D eigenvalue weighted by atomic mass is 19.1. The Morgan fingerprint density at radius 3 is 2.50 bits per heavy atom. The first-order valence-corrected chi connectivity index (χ1v) is 12.1. The number of nitrogens with zero attached hydrogens (tertiary/aromatic N) is 2. The van der Waals surface area contributed by atoms with Gasteiger partial charge in [0.25, 0.3) is 0 Å². The van der Waals surface area contributed by atoms with Gasteiger partial charge in [0.1, 0.15) is 5.82 Å². The second kappa shape index (κ2) is 9.72. The normalized spacial score (nSPS) is 22.5. The van der Waals surface area contributed by atoms with Crippen LogP contribution in [0.4, 0.5) is 15.8 Å². The summed E-state index contributed by atoms with van der Waals surface area (Å²) >= 11 is 0. The molecule has 0 aromatic heterocycles. The highest BCUT2D eigenvalue weighted by molar-refractivity contribution is 6.02. The summed E-state index contributed by atoms with van der Waals surface area (Å²) in [6, 6.07) is 13.6. The molecule has 7 nitrogen and oxygen atoms in total. The largest absolute Gasteiger partial charge is 0.399 e. The van der Waals surface area contributed by atoms with Crippen molar-refractivity contribution >= 4 is 23.1 Å². The molecule has 4 N–H and O–H groups in total. The topological polar surface area (TPSA) is 94.7 Å². The van der Waals surface area contributed by atoms with Crippen molar-refractivity contribution in [3.05, 3.63) is 59.4 Å². The summed E-state index contributed by atoms with van der Waals surface area (Å²) in [5.74, 6) is -0.218. The summed E-state index contributed by atoms with van der Waals surface area (Å²) in [6.45, 7) is 4.29. The monoisotopic (exact) mass is 465 g/mol. The van der Waals surface area contributed by atoms with Crippen LogP contribution < -0.4 is 16.0 Å². The zero-order chi connectivity index (χ0) is 23.7. The van der Waals surface area contributed by atoms with E-state index in [-0.39, 0.29) is 30.4 Å². The third kappa shape index (κ3) is 4.93. The van der Waals surface area contributed by atoms with E-state index in [9.17, 15) is 9.18 Å². The Morgan fingerprint density at radius 1 is 1.09 bits per heavy atom. The molecular formula is C26H32FN5O2. The molecule has 3 aliphatic rings. The van der Waals surface area contributed by atoms with Crippen LogP contribution in [0.25, 0.3) is 0 Å². The van der Waals surface area contributed by atoms with Gasteiger partial charge in [0.15, 0.2) is 0 Å². The molecule has 8 heteroatoms. The number of anilines is 2. The number of carbonyl (C=O) groups excluding carboxylic acids is 1. The van der Waals surface area contributed by atoms with E-state index in [1.165, 1.54) is 11.8 Å². The number of likely N-dealkylation sites (tertiary alicyclic amines) is 1. The van der Waals surface area contributed by atoms with Crippen LogP contribution in [0.5, 0.6) is 0 Å². The van der Waals surface area contributed by atoms with E-state index in [0.717, 1.165) is 44.6 Å². The quantitative estimate of drug-likeness (QED) is 0.570. The molecule has 1 atom stereocenters. The molecule has 1 unspecified atom stereocenters. The van der Waals surface area contributed by atoms with Gasteiger partial charge in [-0.05, 0) is 49.1 Å². The molecule has 3 fully saturated rings. The van der Waals surface area contributed by atoms with Crippen LogP contribution in [0.1, 0.15) is 42.7 Å². The molecule has 1 amide bonds. The number of hydrogen-bond acceptors (Lipinski definition) is 6. The molecule has 2 aromatic carbocycles. The predicted octanol–water partition coefficient (Wildman–Crippen LogP) is 3.25. The molecule has 3 aliphatic heterocycles. The summed E-state index contributed by atoms with van der Waals surface area (Å²) in [4.78, 5) is 17.1. The Labute approximate surface area is 199 Å². The fourth-order valence-corrected chi connectivity index (χ4v) is 5.15. The Bertz CT molecular complexity index is 1050. The van der Waals surface area contributed by atoms with Crippen molar-refractivity contribution in [2.75, 3.05) is 36.8 Å². The van der Waals surface area contributed by atoms with E-state index >= 15 is 0 Å². The molecule has 0 radical (unpaired) electrons. The molecule has 3 saturated heterocycles. The van der Waals surface area contributed by atoms with E-state index in [2.05, 4.69) is 39.4 Å². The van der Waals surface area contributed by atoms with Gasteiger partial charge in [-0.1, -0.05) is 18.2 Å². The maximum absolute atomic E-state index is 14.0. The molecule has 0 aliphatic carbocycles. The maximum atomic E-state index is 14.0. The first-order chi connectivity index (χ1) is 16.5. The van der Waals surface area contributed by atoms with Crippen molar-refractivity contribution < 1.29 is 13.9 Å². The summed E-state index contributed by atoms with van der Waals surface area (Å²) in [5.41, 5.74) is 8.81. The molecule has 5 rings (SSSR count). The van der Waals surface area contributed by atoms with E-state index in [1.54, 1.807) is 12.1 Å². The Morgan fingerprint density at radius 2 is 1.82 bits per heavy atom. The average molecular weight is 466 g/mol. The molecule has 180 valence electrons. The van der Waals surface area contributed by atoms with Crippen LogP contribution in [0.2, 0.25) is 0 Å². The van der Waals surface area contributed by atoms with Gasteiger partial charge in [0, 0.05) is 55.6 Å². The first-order valence-electron chi connectivity index (χ1n) is 12.1. The van der Waals surface area contributed by atoms with E-state index in [4.69, 9.17) is 15.9 Å². The lowest BCUT2D eigenvalue weighted by molar-refractivity contribution is -0.121. The highest BCUT2D eigenvalue weighted by Crippen LogP contribution is 2.30. The average Bonchev–Trinajstić information content (AvgIpc) is 2.79. The molecule has 3 heterocycles. The standard InChI is InChI=1S/C26H32FN5O2/c27-24-13-19(28)4-1-18(24)16-34-22-9-11-31(12-10-22)21-14-32(15-21)20-5-2-17(3-6-20)23-7-8-25(29)30-26(23)33/h1-6,13,21-23H,7-12,14-16,28H2,(H2,29,30,33). The summed E-state index contributed by atoms with van der Waals surface area (Å²) < 4.78 is 19.9. The molecule has 0 saturated carbocycles. The second-order valence-corrected chi connectivity index (χ2v) is 9.61. The third-order valence-electron chi connectivity index (χ3n) is 7.34. The molecular weight excluding hydrogens is 433 g/mol. The van der Waals surface area contributed by atoms with Crippen LogP contribution in [0.15, 0.2) is 42.5 Å². The van der Waals surface area contributed by atoms with Gasteiger partial charge in [-0.15, -0.1) is 0 Å². The number of carbonyl (C=O) groups is 1. The van der Waals surface area contributed by atoms with Gasteiger partial charge >= 0.3 is 0 Å². The van der Waals surface area contributed by atoms with Crippen molar-refractivity contribution in [3.8, 4) is 0 Å². The van der Waals surface area contributed by atoms with Gasteiger partial charge < -0.3 is 20.7 Å². The highest BCUT2D eigenvalue weighted by Gasteiger charge is 2.34. The van der Waals surface area contributed by atoms with E-state index < -0.39 is 0 Å². The van der Waals surface area contributed by atoms with Crippen LogP contribution in [-0.4, -0.2) is 55.0 Å². The number of ether oxygens (including phenoxy) is 1. The van der Waals surface area contributed by atoms with Crippen molar-refractivity contribution in [2.45, 2.75) is 50.4 Å². The number of hydrogen-bond donors (Lipinski definition) is 3. The zero-order valence-electron chi connectivity index (χ0n) is 19.3. The SMILES string of the molecule is N=C1CCC(c2ccc(N3CC(N4CCC(OCc5ccc(N)cc5F)CC4)C3)cc2)C(=O)N1. The summed E-state index contributed by atoms with van der Waals surface area (Å²) in [5, 5.41) is 10.3. The van der Waals surface area contributed by atoms with Gasteiger partial charge in [-0.3, -0.25) is 15.1 Å². The van der Waals surface area contributed by atoms with E-state index in [0.29, 0.717) is 36.0 Å². The van der Waals surface area contributed by atoms with Crippen molar-refractivity contribution in [3.63, 3.8) is 0 Å². The number of nitrogen functional groups attached to an aromatic ring is 1. The lowest BCUT2D eigenvalue weighted by Gasteiger charge is -2.48. The number of halogens is 1. The molecule has 0 bridgehead atoms. The molecule has 34 heavy (non-hydrogen) atoms. The number of amidine groups is 1. The minimum Gasteiger partial charge on any atom is -0.399 e. The minimum atomic E-state index is -0.303. The van der Waals surface area contributed by atoms with E-state index in [1.807, 2.05) is 0 Å². The number of rotatable bonds is 6. The van der Waals surface area contributed by atoms with Crippen LogP contribution in [0, 0.1) is 11.2 Å². The third-order valence-corrected chi connectivity index (χ3v) is 7.34. The Hall–Kier alpha value is -2.97. The van der Waals surface area contributed by atoms with Gasteiger partial charge in [-0.2, -0.15) is 0 Å². The molecule has 0 spiro atoms. The number of nitrogens with two attached hydrogens (primary N) is 1. The fourth-order valence-electron chi connectivity index (χ4n) is 5.15. The Kier molecular flexibility index (Phi) is 6.52. The van der Waals surface area contributed by atoms with Gasteiger partial charge in [-0.25, -0.2) is 4.39 Å². The summed E-state index contributed by atoms with van der Waals surface area (Å²) in [6.07, 6.45) is 3.40. The minimum absolute atomic E-state index is 0.0704. The summed E-state index contributed by atoms with van der Waals surface area (Å²) in [7, 11) is 0. The lowest BCUT2D eigenvalue weighted by atomic mass is 9.90. The first kappa shape index (κ1) is 22.8. The smallest absolute Gasteiger partial charge is 0.232 e. The number of amides is 1. The predicted molar refractivity (Wildman–Crippen MR) is 130 cm³/mol. The number of nitrogens with one attached hydrogen (secondary N) is 2. The van der Waals surface area contributed by atoms with Crippen LogP contribution in [-0.2, 0) is 16.1 Å². The lowest BCUT2D eigenvalue weighted by Crippen LogP contribution is -2.61. The molecule has 2 aromatic rings. The van der Waals surface area contributed by atoms with Crippen LogP contribution >= 0.6 is 0 Å². The van der Waals surface area contributed by atoms with Crippen LogP contribution in [0.3, 0.4) is 0 Å². The fraction of sp³-hybridized carbons (Fsp3) is 0.462. The maximum Gasteiger partial charge on any atom is 0.232 e. The zero-order valence-corrected chi connectivity index (χ0v) is 19.3. The van der Waals surface area contributed by atoms with Crippen molar-refractivity contribution in [1.29, 1.82) is 5.41 Å². The van der Waals surface area contributed by atoms with Crippen molar-refractivity contribution in [2.24, 2.45) is 0 Å². The number of piperidine rings is 2. The van der Waals surface area contributed by atoms with Gasteiger partial charge in [0.05, 0.1) is 24.5 Å².